The Bertz CT molecular complexity index is 935. The lowest BCUT2D eigenvalue weighted by Crippen LogP contribution is -2.15. The SMILES string of the molecule is O=C(COc1c(I)cc(Cl)c2cccnc12)OCc1cccc(F)c1. The van der Waals surface area contributed by atoms with Gasteiger partial charge in [-0.05, 0) is 58.5 Å². The predicted octanol–water partition coefficient (Wildman–Crippen LogP) is 4.75. The van der Waals surface area contributed by atoms with E-state index >= 15 is 0 Å². The van der Waals surface area contributed by atoms with E-state index in [9.17, 15) is 9.18 Å². The van der Waals surface area contributed by atoms with Gasteiger partial charge in [0.15, 0.2) is 12.4 Å². The molecule has 3 aromatic rings. The Labute approximate surface area is 162 Å². The third kappa shape index (κ3) is 4.38. The van der Waals surface area contributed by atoms with E-state index in [1.165, 1.54) is 12.1 Å². The van der Waals surface area contributed by atoms with Gasteiger partial charge in [-0.2, -0.15) is 0 Å². The van der Waals surface area contributed by atoms with Crippen molar-refractivity contribution in [2.45, 2.75) is 6.61 Å². The van der Waals surface area contributed by atoms with Gasteiger partial charge in [0.05, 0.1) is 8.59 Å². The van der Waals surface area contributed by atoms with Crippen molar-refractivity contribution in [1.29, 1.82) is 0 Å². The average Bonchev–Trinajstić information content (AvgIpc) is 2.60. The van der Waals surface area contributed by atoms with Crippen molar-refractivity contribution in [3.05, 3.63) is 68.6 Å². The van der Waals surface area contributed by atoms with Crippen molar-refractivity contribution in [3.8, 4) is 5.75 Å². The molecule has 0 radical (unpaired) electrons. The average molecular weight is 472 g/mol. The Hall–Kier alpha value is -1.93. The van der Waals surface area contributed by atoms with Gasteiger partial charge < -0.3 is 9.47 Å². The molecule has 7 heteroatoms. The number of hydrogen-bond acceptors (Lipinski definition) is 4. The van der Waals surface area contributed by atoms with Crippen molar-refractivity contribution in [2.75, 3.05) is 6.61 Å². The zero-order chi connectivity index (χ0) is 17.8. The fourth-order valence-corrected chi connectivity index (χ4v) is 3.42. The van der Waals surface area contributed by atoms with Gasteiger partial charge in [-0.25, -0.2) is 9.18 Å². The van der Waals surface area contributed by atoms with E-state index in [-0.39, 0.29) is 19.0 Å². The number of pyridine rings is 1. The standard InChI is InChI=1S/C18H12ClFINO3/c19-14-8-15(21)18(17-13(14)5-2-6-22-17)25-10-16(23)24-9-11-3-1-4-12(20)7-11/h1-8H,9-10H2. The molecule has 25 heavy (non-hydrogen) atoms. The molecule has 0 aliphatic rings. The number of benzene rings is 2. The molecule has 0 bridgehead atoms. The molecule has 3 rings (SSSR count). The molecule has 0 saturated carbocycles. The molecule has 0 fully saturated rings. The fraction of sp³-hybridized carbons (Fsp3) is 0.111. The molecular weight excluding hydrogens is 460 g/mol. The van der Waals surface area contributed by atoms with Gasteiger partial charge in [0.1, 0.15) is 17.9 Å². The Morgan fingerprint density at radius 3 is 2.88 bits per heavy atom. The summed E-state index contributed by atoms with van der Waals surface area (Å²) in [7, 11) is 0. The normalized spacial score (nSPS) is 10.7. The molecule has 0 N–H and O–H groups in total. The molecule has 0 amide bonds. The van der Waals surface area contributed by atoms with E-state index in [4.69, 9.17) is 21.1 Å². The highest BCUT2D eigenvalue weighted by Crippen LogP contribution is 2.34. The number of carbonyl (C=O) groups excluding carboxylic acids is 1. The summed E-state index contributed by atoms with van der Waals surface area (Å²) in [6.45, 7) is -0.296. The number of carbonyl (C=O) groups is 1. The summed E-state index contributed by atoms with van der Waals surface area (Å²) >= 11 is 8.28. The van der Waals surface area contributed by atoms with Gasteiger partial charge in [0, 0.05) is 11.6 Å². The van der Waals surface area contributed by atoms with Gasteiger partial charge >= 0.3 is 5.97 Å². The van der Waals surface area contributed by atoms with Gasteiger partial charge in [0.25, 0.3) is 0 Å². The van der Waals surface area contributed by atoms with Crippen LogP contribution in [0.4, 0.5) is 4.39 Å². The molecule has 0 unspecified atom stereocenters. The third-order valence-corrected chi connectivity index (χ3v) is 4.49. The molecule has 0 saturated heterocycles. The van der Waals surface area contributed by atoms with E-state index in [0.717, 1.165) is 8.96 Å². The summed E-state index contributed by atoms with van der Waals surface area (Å²) < 4.78 is 24.5. The highest BCUT2D eigenvalue weighted by atomic mass is 127. The lowest BCUT2D eigenvalue weighted by Gasteiger charge is -2.11. The predicted molar refractivity (Wildman–Crippen MR) is 101 cm³/mol. The van der Waals surface area contributed by atoms with E-state index < -0.39 is 5.97 Å². The van der Waals surface area contributed by atoms with Gasteiger partial charge in [-0.15, -0.1) is 0 Å². The van der Waals surface area contributed by atoms with Crippen LogP contribution in [0, 0.1) is 9.39 Å². The number of esters is 1. The molecule has 1 heterocycles. The van der Waals surface area contributed by atoms with Crippen LogP contribution in [0.15, 0.2) is 48.7 Å². The first-order valence-corrected chi connectivity index (χ1v) is 8.76. The van der Waals surface area contributed by atoms with Crippen LogP contribution in [-0.2, 0) is 16.1 Å². The maximum atomic E-state index is 13.1. The Morgan fingerprint density at radius 2 is 2.08 bits per heavy atom. The molecule has 4 nitrogen and oxygen atoms in total. The minimum Gasteiger partial charge on any atom is -0.478 e. The van der Waals surface area contributed by atoms with Crippen LogP contribution in [0.5, 0.6) is 5.75 Å². The molecule has 1 aromatic heterocycles. The number of aromatic nitrogens is 1. The number of fused-ring (bicyclic) bond motifs is 1. The lowest BCUT2D eigenvalue weighted by molar-refractivity contribution is -0.147. The van der Waals surface area contributed by atoms with Crippen molar-refractivity contribution in [2.24, 2.45) is 0 Å². The van der Waals surface area contributed by atoms with E-state index in [1.807, 2.05) is 6.07 Å². The van der Waals surface area contributed by atoms with Crippen LogP contribution in [0.3, 0.4) is 0 Å². The number of rotatable bonds is 5. The first-order chi connectivity index (χ1) is 12.0. The molecular formula is C18H12ClFINO3. The number of halogens is 3. The minimum atomic E-state index is -0.556. The second-order valence-electron chi connectivity index (χ2n) is 5.15. The largest absolute Gasteiger partial charge is 0.478 e. The van der Waals surface area contributed by atoms with Gasteiger partial charge in [0.2, 0.25) is 0 Å². The zero-order valence-corrected chi connectivity index (χ0v) is 15.8. The van der Waals surface area contributed by atoms with Crippen molar-refractivity contribution < 1.29 is 18.7 Å². The Balaban J connectivity index is 1.67. The highest BCUT2D eigenvalue weighted by Gasteiger charge is 2.14. The summed E-state index contributed by atoms with van der Waals surface area (Å²) in [5.74, 6) is -0.458. The number of nitrogens with zero attached hydrogens (tertiary/aromatic N) is 1. The third-order valence-electron chi connectivity index (χ3n) is 3.37. The van der Waals surface area contributed by atoms with Crippen molar-refractivity contribution in [3.63, 3.8) is 0 Å². The Kier molecular flexibility index (Phi) is 5.70. The van der Waals surface area contributed by atoms with Crippen molar-refractivity contribution >= 4 is 51.1 Å². The maximum absolute atomic E-state index is 13.1. The summed E-state index contributed by atoms with van der Waals surface area (Å²) in [4.78, 5) is 16.2. The smallest absolute Gasteiger partial charge is 0.344 e. The molecule has 2 aromatic carbocycles. The molecule has 0 aliphatic heterocycles. The van der Waals surface area contributed by atoms with E-state index in [1.54, 1.807) is 30.5 Å². The molecule has 0 atom stereocenters. The van der Waals surface area contributed by atoms with Crippen LogP contribution in [0.1, 0.15) is 5.56 Å². The van der Waals surface area contributed by atoms with Crippen LogP contribution in [0.2, 0.25) is 5.02 Å². The van der Waals surface area contributed by atoms with Gasteiger partial charge in [-0.1, -0.05) is 23.7 Å². The quantitative estimate of drug-likeness (QED) is 0.398. The minimum absolute atomic E-state index is 0.0172. The second-order valence-corrected chi connectivity index (χ2v) is 6.72. The lowest BCUT2D eigenvalue weighted by atomic mass is 10.2. The molecule has 0 aliphatic carbocycles. The summed E-state index contributed by atoms with van der Waals surface area (Å²) in [5, 5.41) is 1.31. The molecule has 0 spiro atoms. The topological polar surface area (TPSA) is 48.4 Å². The van der Waals surface area contributed by atoms with Crippen LogP contribution in [0.25, 0.3) is 10.9 Å². The highest BCUT2D eigenvalue weighted by molar-refractivity contribution is 14.1. The van der Waals surface area contributed by atoms with Crippen LogP contribution < -0.4 is 4.74 Å². The maximum Gasteiger partial charge on any atom is 0.344 e. The summed E-state index contributed by atoms with van der Waals surface area (Å²) in [6.07, 6.45) is 1.63. The monoisotopic (exact) mass is 471 g/mol. The van der Waals surface area contributed by atoms with Gasteiger partial charge in [-0.3, -0.25) is 4.98 Å². The molecule has 128 valence electrons. The number of ether oxygens (including phenoxy) is 2. The zero-order valence-electron chi connectivity index (χ0n) is 12.8. The Morgan fingerprint density at radius 1 is 1.24 bits per heavy atom. The first kappa shape index (κ1) is 17.9. The van der Waals surface area contributed by atoms with E-state index in [0.29, 0.717) is 21.9 Å². The first-order valence-electron chi connectivity index (χ1n) is 7.30. The van der Waals surface area contributed by atoms with Crippen LogP contribution >= 0.6 is 34.2 Å². The summed E-state index contributed by atoms with van der Waals surface area (Å²) in [6, 6.07) is 11.2. The van der Waals surface area contributed by atoms with E-state index in [2.05, 4.69) is 27.6 Å². The second kappa shape index (κ2) is 7.97. The van der Waals surface area contributed by atoms with Crippen LogP contribution in [-0.4, -0.2) is 17.6 Å². The van der Waals surface area contributed by atoms with Crippen molar-refractivity contribution in [1.82, 2.24) is 4.98 Å². The summed E-state index contributed by atoms with van der Waals surface area (Å²) in [5.41, 5.74) is 1.15. The fourth-order valence-electron chi connectivity index (χ4n) is 2.25. The number of hydrogen-bond donors (Lipinski definition) is 0.